The SMILES string of the molecule is C=CCO[C@H]1C[C@H]2CC[C@@H]1N[C@H]2CC=O. The van der Waals surface area contributed by atoms with Crippen LogP contribution in [0, 0.1) is 5.92 Å². The molecule has 3 nitrogen and oxygen atoms in total. The van der Waals surface area contributed by atoms with Crippen LogP contribution in [0.2, 0.25) is 0 Å². The maximum Gasteiger partial charge on any atom is 0.121 e. The van der Waals surface area contributed by atoms with Gasteiger partial charge < -0.3 is 14.8 Å². The van der Waals surface area contributed by atoms with Crippen LogP contribution in [0.25, 0.3) is 0 Å². The Morgan fingerprint density at radius 2 is 2.33 bits per heavy atom. The summed E-state index contributed by atoms with van der Waals surface area (Å²) in [5.74, 6) is 0.620. The van der Waals surface area contributed by atoms with E-state index >= 15 is 0 Å². The summed E-state index contributed by atoms with van der Waals surface area (Å²) in [6.45, 7) is 4.29. The summed E-state index contributed by atoms with van der Waals surface area (Å²) in [4.78, 5) is 10.5. The number of ether oxygens (including phenoxy) is 1. The molecular formula is C12H19NO2. The molecule has 15 heavy (non-hydrogen) atoms. The highest BCUT2D eigenvalue weighted by Gasteiger charge is 2.41. The van der Waals surface area contributed by atoms with Gasteiger partial charge in [-0.3, -0.25) is 0 Å². The van der Waals surface area contributed by atoms with Crippen LogP contribution in [-0.2, 0) is 9.53 Å². The second-order valence-corrected chi connectivity index (χ2v) is 4.52. The maximum atomic E-state index is 10.5. The smallest absolute Gasteiger partial charge is 0.121 e. The quantitative estimate of drug-likeness (QED) is 0.547. The van der Waals surface area contributed by atoms with Crippen molar-refractivity contribution in [3.05, 3.63) is 12.7 Å². The van der Waals surface area contributed by atoms with Crippen LogP contribution in [-0.4, -0.2) is 31.1 Å². The van der Waals surface area contributed by atoms with E-state index < -0.39 is 0 Å². The van der Waals surface area contributed by atoms with E-state index in [1.54, 1.807) is 6.08 Å². The third-order valence-corrected chi connectivity index (χ3v) is 3.61. The molecule has 0 unspecified atom stereocenters. The number of carbonyl (C=O) groups excluding carboxylic acids is 1. The van der Waals surface area contributed by atoms with Gasteiger partial charge in [0.25, 0.3) is 0 Å². The van der Waals surface area contributed by atoms with Crippen LogP contribution in [0.15, 0.2) is 12.7 Å². The molecule has 0 aromatic carbocycles. The highest BCUT2D eigenvalue weighted by Crippen LogP contribution is 2.35. The number of rotatable bonds is 5. The van der Waals surface area contributed by atoms with Crippen molar-refractivity contribution in [3.8, 4) is 0 Å². The molecule has 3 aliphatic rings. The van der Waals surface area contributed by atoms with Gasteiger partial charge in [-0.1, -0.05) is 6.08 Å². The Kier molecular flexibility index (Phi) is 3.54. The molecule has 2 saturated heterocycles. The van der Waals surface area contributed by atoms with Crippen molar-refractivity contribution >= 4 is 6.29 Å². The topological polar surface area (TPSA) is 38.3 Å². The van der Waals surface area contributed by atoms with E-state index in [2.05, 4.69) is 11.9 Å². The van der Waals surface area contributed by atoms with Crippen molar-refractivity contribution in [3.63, 3.8) is 0 Å². The van der Waals surface area contributed by atoms with Crippen LogP contribution in [0.4, 0.5) is 0 Å². The highest BCUT2D eigenvalue weighted by atomic mass is 16.5. The first-order valence-electron chi connectivity index (χ1n) is 5.77. The summed E-state index contributed by atoms with van der Waals surface area (Å²) in [6.07, 6.45) is 7.32. The minimum Gasteiger partial charge on any atom is -0.373 e. The zero-order valence-electron chi connectivity index (χ0n) is 9.02. The van der Waals surface area contributed by atoms with Gasteiger partial charge in [0.2, 0.25) is 0 Å². The number of aldehydes is 1. The Labute approximate surface area is 90.9 Å². The van der Waals surface area contributed by atoms with E-state index in [0.717, 1.165) is 12.7 Å². The number of piperidine rings is 2. The lowest BCUT2D eigenvalue weighted by Crippen LogP contribution is -2.59. The Morgan fingerprint density at radius 3 is 2.93 bits per heavy atom. The molecule has 0 aromatic heterocycles. The van der Waals surface area contributed by atoms with E-state index in [0.29, 0.717) is 37.1 Å². The van der Waals surface area contributed by atoms with Crippen LogP contribution < -0.4 is 5.32 Å². The summed E-state index contributed by atoms with van der Waals surface area (Å²) < 4.78 is 5.72. The third kappa shape index (κ3) is 2.29. The second kappa shape index (κ2) is 4.90. The lowest BCUT2D eigenvalue weighted by atomic mass is 9.74. The number of nitrogens with one attached hydrogen (secondary N) is 1. The molecule has 1 N–H and O–H groups in total. The molecule has 1 saturated carbocycles. The standard InChI is InChI=1S/C12H19NO2/c1-2-7-15-12-8-9-3-4-11(12)13-10(9)5-6-14/h2,6,9-13H,1,3-5,7-8H2/t9-,10+,11+,12+/m1/s1. The second-order valence-electron chi connectivity index (χ2n) is 4.52. The molecule has 2 heterocycles. The number of fused-ring (bicyclic) bond motifs is 3. The van der Waals surface area contributed by atoms with Crippen molar-refractivity contribution in [2.75, 3.05) is 6.61 Å². The molecule has 3 heteroatoms. The molecule has 3 fully saturated rings. The first-order chi connectivity index (χ1) is 7.35. The first-order valence-corrected chi connectivity index (χ1v) is 5.77. The van der Waals surface area contributed by atoms with Crippen LogP contribution in [0.3, 0.4) is 0 Å². The van der Waals surface area contributed by atoms with Crippen LogP contribution >= 0.6 is 0 Å². The van der Waals surface area contributed by atoms with Gasteiger partial charge in [-0.25, -0.2) is 0 Å². The summed E-state index contributed by atoms with van der Waals surface area (Å²) in [5.41, 5.74) is 0. The van der Waals surface area contributed by atoms with Crippen molar-refractivity contribution < 1.29 is 9.53 Å². The fraction of sp³-hybridized carbons (Fsp3) is 0.750. The zero-order valence-corrected chi connectivity index (χ0v) is 9.02. The molecular weight excluding hydrogens is 190 g/mol. The third-order valence-electron chi connectivity index (χ3n) is 3.61. The van der Waals surface area contributed by atoms with Gasteiger partial charge in [0, 0.05) is 18.5 Å². The Balaban J connectivity index is 1.90. The minimum atomic E-state index is 0.324. The van der Waals surface area contributed by atoms with Crippen molar-refractivity contribution in [1.29, 1.82) is 0 Å². The van der Waals surface area contributed by atoms with Crippen molar-refractivity contribution in [2.24, 2.45) is 5.92 Å². The maximum absolute atomic E-state index is 10.5. The van der Waals surface area contributed by atoms with E-state index in [1.165, 1.54) is 12.8 Å². The van der Waals surface area contributed by atoms with Gasteiger partial charge >= 0.3 is 0 Å². The van der Waals surface area contributed by atoms with Gasteiger partial charge in [0.15, 0.2) is 0 Å². The summed E-state index contributed by atoms with van der Waals surface area (Å²) >= 11 is 0. The Bertz CT molecular complexity index is 242. The predicted octanol–water partition coefficient (Wildman–Crippen LogP) is 1.29. The lowest BCUT2D eigenvalue weighted by molar-refractivity contribution is -0.110. The van der Waals surface area contributed by atoms with E-state index in [9.17, 15) is 4.79 Å². The monoisotopic (exact) mass is 209 g/mol. The largest absolute Gasteiger partial charge is 0.373 e. The fourth-order valence-corrected chi connectivity index (χ4v) is 2.87. The average Bonchev–Trinajstić information content (AvgIpc) is 2.28. The lowest BCUT2D eigenvalue weighted by Gasteiger charge is -2.47. The summed E-state index contributed by atoms with van der Waals surface area (Å²) in [6, 6.07) is 0.838. The summed E-state index contributed by atoms with van der Waals surface area (Å²) in [7, 11) is 0. The van der Waals surface area contributed by atoms with E-state index in [4.69, 9.17) is 4.74 Å². The molecule has 2 bridgehead atoms. The number of carbonyl (C=O) groups is 1. The molecule has 0 amide bonds. The summed E-state index contributed by atoms with van der Waals surface area (Å²) in [5, 5.41) is 3.52. The number of hydrogen-bond donors (Lipinski definition) is 1. The molecule has 0 aromatic rings. The first kappa shape index (κ1) is 10.8. The van der Waals surface area contributed by atoms with Gasteiger partial charge in [-0.05, 0) is 25.2 Å². The molecule has 1 aliphatic carbocycles. The van der Waals surface area contributed by atoms with Gasteiger partial charge in [0.05, 0.1) is 12.7 Å². The fourth-order valence-electron chi connectivity index (χ4n) is 2.87. The normalized spacial score (nSPS) is 38.9. The van der Waals surface area contributed by atoms with E-state index in [-0.39, 0.29) is 0 Å². The molecule has 84 valence electrons. The van der Waals surface area contributed by atoms with E-state index in [1.807, 2.05) is 0 Å². The van der Waals surface area contributed by atoms with Gasteiger partial charge in [0.1, 0.15) is 6.29 Å². The molecule has 4 atom stereocenters. The van der Waals surface area contributed by atoms with Gasteiger partial charge in [-0.15, -0.1) is 6.58 Å². The highest BCUT2D eigenvalue weighted by molar-refractivity contribution is 5.50. The predicted molar refractivity (Wildman–Crippen MR) is 58.7 cm³/mol. The minimum absolute atomic E-state index is 0.324. The van der Waals surface area contributed by atoms with Crippen LogP contribution in [0.5, 0.6) is 0 Å². The Hall–Kier alpha value is -0.670. The Morgan fingerprint density at radius 1 is 1.47 bits per heavy atom. The molecule has 2 aliphatic heterocycles. The van der Waals surface area contributed by atoms with Crippen LogP contribution in [0.1, 0.15) is 25.7 Å². The number of hydrogen-bond acceptors (Lipinski definition) is 3. The molecule has 0 spiro atoms. The zero-order chi connectivity index (χ0) is 10.7. The van der Waals surface area contributed by atoms with Crippen molar-refractivity contribution in [1.82, 2.24) is 5.32 Å². The molecule has 3 rings (SSSR count). The van der Waals surface area contributed by atoms with Gasteiger partial charge in [-0.2, -0.15) is 0 Å². The molecule has 0 radical (unpaired) electrons. The average molecular weight is 209 g/mol. The van der Waals surface area contributed by atoms with Crippen molar-refractivity contribution in [2.45, 2.75) is 43.9 Å².